The van der Waals surface area contributed by atoms with E-state index in [0.29, 0.717) is 23.2 Å². The summed E-state index contributed by atoms with van der Waals surface area (Å²) in [7, 11) is 0. The second-order valence-electron chi connectivity index (χ2n) is 3.48. The van der Waals surface area contributed by atoms with Crippen molar-refractivity contribution in [3.8, 4) is 0 Å². The number of nitrogens with zero attached hydrogens (tertiary/aromatic N) is 1. The molecule has 1 aromatic heterocycles. The van der Waals surface area contributed by atoms with Gasteiger partial charge < -0.3 is 11.1 Å². The highest BCUT2D eigenvalue weighted by Gasteiger charge is 2.17. The van der Waals surface area contributed by atoms with Gasteiger partial charge in [0.05, 0.1) is 6.20 Å². The number of nitrogen functional groups attached to an aromatic ring is 1. The summed E-state index contributed by atoms with van der Waals surface area (Å²) in [4.78, 5) is 11.7. The van der Waals surface area contributed by atoms with E-state index in [9.17, 15) is 4.79 Å². The number of aromatic nitrogens is 2. The van der Waals surface area contributed by atoms with Crippen LogP contribution in [0.1, 0.15) is 10.4 Å². The lowest BCUT2D eigenvalue weighted by Gasteiger charge is -2.20. The Bertz CT molecular complexity index is 362. The van der Waals surface area contributed by atoms with Crippen LogP contribution in [0, 0.1) is 0 Å². The third-order valence-corrected chi connectivity index (χ3v) is 5.13. The molecule has 0 radical (unpaired) electrons. The van der Waals surface area contributed by atoms with Crippen LogP contribution in [0.15, 0.2) is 6.20 Å². The van der Waals surface area contributed by atoms with E-state index in [2.05, 4.69) is 15.5 Å². The van der Waals surface area contributed by atoms with Gasteiger partial charge in [-0.25, -0.2) is 0 Å². The van der Waals surface area contributed by atoms with Gasteiger partial charge in [0.15, 0.2) is 0 Å². The van der Waals surface area contributed by atoms with Crippen molar-refractivity contribution in [2.24, 2.45) is 0 Å². The van der Waals surface area contributed by atoms with Gasteiger partial charge in [0, 0.05) is 29.1 Å². The van der Waals surface area contributed by atoms with Gasteiger partial charge in [0.1, 0.15) is 11.4 Å². The lowest BCUT2D eigenvalue weighted by molar-refractivity contribution is 0.0955. The number of H-pyrrole nitrogens is 1. The van der Waals surface area contributed by atoms with Crippen molar-refractivity contribution in [2.75, 3.05) is 29.5 Å². The van der Waals surface area contributed by atoms with Crippen molar-refractivity contribution >= 4 is 35.2 Å². The highest BCUT2D eigenvalue weighted by molar-refractivity contribution is 8.06. The molecule has 5 nitrogen and oxygen atoms in total. The number of thioether (sulfide) groups is 2. The number of nitrogens with one attached hydrogen (secondary N) is 2. The maximum Gasteiger partial charge on any atom is 0.256 e. The Morgan fingerprint density at radius 3 is 3.19 bits per heavy atom. The molecule has 2 rings (SSSR count). The van der Waals surface area contributed by atoms with Crippen LogP contribution < -0.4 is 11.1 Å². The lowest BCUT2D eigenvalue weighted by atomic mass is 10.3. The van der Waals surface area contributed by atoms with E-state index in [-0.39, 0.29) is 5.91 Å². The van der Waals surface area contributed by atoms with Gasteiger partial charge in [-0.15, -0.1) is 0 Å². The van der Waals surface area contributed by atoms with E-state index in [0.717, 1.165) is 5.75 Å². The highest BCUT2D eigenvalue weighted by atomic mass is 32.2. The van der Waals surface area contributed by atoms with Crippen molar-refractivity contribution in [3.05, 3.63) is 11.8 Å². The van der Waals surface area contributed by atoms with E-state index < -0.39 is 0 Å². The first-order valence-corrected chi connectivity index (χ1v) is 7.24. The average molecular weight is 258 g/mol. The molecule has 4 N–H and O–H groups in total. The second-order valence-corrected chi connectivity index (χ2v) is 6.03. The molecule has 1 amide bonds. The molecule has 2 heterocycles. The minimum Gasteiger partial charge on any atom is -0.383 e. The number of amides is 1. The average Bonchev–Trinajstić information content (AvgIpc) is 2.74. The Morgan fingerprint density at radius 2 is 2.56 bits per heavy atom. The summed E-state index contributed by atoms with van der Waals surface area (Å²) in [6.45, 7) is 0.696. The Kier molecular flexibility index (Phi) is 4.00. The third-order valence-electron chi connectivity index (χ3n) is 2.29. The van der Waals surface area contributed by atoms with Crippen molar-refractivity contribution in [3.63, 3.8) is 0 Å². The molecule has 1 atom stereocenters. The fourth-order valence-corrected chi connectivity index (χ4v) is 4.05. The molecule has 0 aliphatic carbocycles. The van der Waals surface area contributed by atoms with Gasteiger partial charge >= 0.3 is 0 Å². The number of carbonyl (C=O) groups excluding carboxylic acids is 1. The molecule has 1 saturated heterocycles. The molecule has 16 heavy (non-hydrogen) atoms. The van der Waals surface area contributed by atoms with Gasteiger partial charge in [-0.2, -0.15) is 28.6 Å². The van der Waals surface area contributed by atoms with Crippen molar-refractivity contribution < 1.29 is 4.79 Å². The molecule has 0 spiro atoms. The van der Waals surface area contributed by atoms with Crippen LogP contribution in [-0.4, -0.2) is 45.2 Å². The van der Waals surface area contributed by atoms with Crippen LogP contribution in [-0.2, 0) is 0 Å². The van der Waals surface area contributed by atoms with Crippen LogP contribution >= 0.6 is 23.5 Å². The molecule has 1 fully saturated rings. The zero-order valence-corrected chi connectivity index (χ0v) is 10.4. The zero-order chi connectivity index (χ0) is 11.4. The minimum atomic E-state index is -0.151. The summed E-state index contributed by atoms with van der Waals surface area (Å²) < 4.78 is 0. The van der Waals surface area contributed by atoms with Crippen LogP contribution in [0.5, 0.6) is 0 Å². The van der Waals surface area contributed by atoms with Crippen LogP contribution in [0.4, 0.5) is 5.82 Å². The molecule has 88 valence electrons. The van der Waals surface area contributed by atoms with Crippen molar-refractivity contribution in [2.45, 2.75) is 5.25 Å². The summed E-state index contributed by atoms with van der Waals surface area (Å²) in [5, 5.41) is 9.66. The standard InChI is InChI=1S/C9H14N4OS2/c10-8-7(4-12-13-8)9(14)11-3-6-5-15-1-2-16-6/h4,6H,1-3,5H2,(H,11,14)(H3,10,12,13). The van der Waals surface area contributed by atoms with Gasteiger partial charge in [-0.3, -0.25) is 9.89 Å². The van der Waals surface area contributed by atoms with Crippen molar-refractivity contribution in [1.29, 1.82) is 0 Å². The van der Waals surface area contributed by atoms with Gasteiger partial charge in [-0.05, 0) is 0 Å². The smallest absolute Gasteiger partial charge is 0.256 e. The van der Waals surface area contributed by atoms with Crippen LogP contribution in [0.25, 0.3) is 0 Å². The largest absolute Gasteiger partial charge is 0.383 e. The van der Waals surface area contributed by atoms with Gasteiger partial charge in [0.25, 0.3) is 5.91 Å². The topological polar surface area (TPSA) is 83.8 Å². The molecule has 1 unspecified atom stereocenters. The van der Waals surface area contributed by atoms with E-state index in [1.165, 1.54) is 17.7 Å². The first-order chi connectivity index (χ1) is 7.77. The monoisotopic (exact) mass is 258 g/mol. The Balaban J connectivity index is 1.81. The summed E-state index contributed by atoms with van der Waals surface area (Å²) in [5.74, 6) is 3.65. The van der Waals surface area contributed by atoms with Gasteiger partial charge in [0.2, 0.25) is 0 Å². The second kappa shape index (κ2) is 5.49. The quantitative estimate of drug-likeness (QED) is 0.738. The first kappa shape index (κ1) is 11.7. The number of carbonyl (C=O) groups is 1. The Hall–Kier alpha value is -0.820. The fraction of sp³-hybridized carbons (Fsp3) is 0.556. The van der Waals surface area contributed by atoms with Crippen LogP contribution in [0.2, 0.25) is 0 Å². The molecule has 0 bridgehead atoms. The third kappa shape index (κ3) is 2.85. The van der Waals surface area contributed by atoms with Crippen LogP contribution in [0.3, 0.4) is 0 Å². The van der Waals surface area contributed by atoms with E-state index in [1.54, 1.807) is 0 Å². The van der Waals surface area contributed by atoms with E-state index in [1.807, 2.05) is 23.5 Å². The first-order valence-electron chi connectivity index (χ1n) is 5.04. The van der Waals surface area contributed by atoms with Crippen molar-refractivity contribution in [1.82, 2.24) is 15.5 Å². The maximum absolute atomic E-state index is 11.7. The number of hydrogen-bond donors (Lipinski definition) is 3. The molecule has 1 aromatic rings. The number of rotatable bonds is 3. The number of anilines is 1. The number of hydrogen-bond acceptors (Lipinski definition) is 5. The molecular weight excluding hydrogens is 244 g/mol. The summed E-state index contributed by atoms with van der Waals surface area (Å²) in [5.41, 5.74) is 5.99. The molecule has 0 aromatic carbocycles. The predicted molar refractivity (Wildman–Crippen MR) is 68.9 cm³/mol. The SMILES string of the molecule is Nc1[nH]ncc1C(=O)NCC1CSCCS1. The minimum absolute atomic E-state index is 0.151. The normalized spacial score (nSPS) is 20.6. The predicted octanol–water partition coefficient (Wildman–Crippen LogP) is 0.570. The summed E-state index contributed by atoms with van der Waals surface area (Å²) in [6, 6.07) is 0. The molecular formula is C9H14N4OS2. The molecule has 7 heteroatoms. The summed E-state index contributed by atoms with van der Waals surface area (Å²) in [6.07, 6.45) is 1.45. The maximum atomic E-state index is 11.7. The summed E-state index contributed by atoms with van der Waals surface area (Å²) >= 11 is 3.86. The lowest BCUT2D eigenvalue weighted by Crippen LogP contribution is -2.33. The zero-order valence-electron chi connectivity index (χ0n) is 8.73. The number of aromatic amines is 1. The Morgan fingerprint density at radius 1 is 1.69 bits per heavy atom. The Labute approximate surface area is 102 Å². The van der Waals surface area contributed by atoms with E-state index in [4.69, 9.17) is 5.73 Å². The highest BCUT2D eigenvalue weighted by Crippen LogP contribution is 2.23. The number of nitrogens with two attached hydrogens (primary N) is 1. The fourth-order valence-electron chi connectivity index (χ4n) is 1.43. The molecule has 1 aliphatic heterocycles. The molecule has 1 aliphatic rings. The molecule has 0 saturated carbocycles. The van der Waals surface area contributed by atoms with E-state index >= 15 is 0 Å². The van der Waals surface area contributed by atoms with Gasteiger partial charge in [-0.1, -0.05) is 0 Å².